The first-order valence-corrected chi connectivity index (χ1v) is 8.26. The number of carbonyl (C=O) groups is 2. The minimum Gasteiger partial charge on any atom is -0.340 e. The predicted molar refractivity (Wildman–Crippen MR) is 95.0 cm³/mol. The summed E-state index contributed by atoms with van der Waals surface area (Å²) in [5.41, 5.74) is 0.835. The lowest BCUT2D eigenvalue weighted by Crippen LogP contribution is -2.39. The van der Waals surface area contributed by atoms with E-state index in [-0.39, 0.29) is 17.9 Å². The topological polar surface area (TPSA) is 54.3 Å². The van der Waals surface area contributed by atoms with E-state index in [1.807, 2.05) is 79.0 Å². The summed E-state index contributed by atoms with van der Waals surface area (Å²) in [4.78, 5) is 26.6. The molecule has 5 nitrogen and oxygen atoms in total. The van der Waals surface area contributed by atoms with E-state index in [1.165, 1.54) is 0 Å². The van der Waals surface area contributed by atoms with Crippen LogP contribution in [-0.4, -0.2) is 22.4 Å². The van der Waals surface area contributed by atoms with E-state index in [0.29, 0.717) is 12.1 Å². The van der Waals surface area contributed by atoms with Gasteiger partial charge in [-0.2, -0.15) is 0 Å². The highest BCUT2D eigenvalue weighted by atomic mass is 16.2. The predicted octanol–water partition coefficient (Wildman–Crippen LogP) is 3.38. The summed E-state index contributed by atoms with van der Waals surface area (Å²) in [6.45, 7) is 5.79. The van der Waals surface area contributed by atoms with Crippen LogP contribution in [0.1, 0.15) is 33.6 Å². The molecule has 1 unspecified atom stereocenters. The van der Waals surface area contributed by atoms with Gasteiger partial charge in [0.2, 0.25) is 11.8 Å². The van der Waals surface area contributed by atoms with Crippen molar-refractivity contribution >= 4 is 23.2 Å². The van der Waals surface area contributed by atoms with Crippen LogP contribution in [0.4, 0.5) is 11.4 Å². The molecule has 0 bridgehead atoms. The van der Waals surface area contributed by atoms with Crippen LogP contribution in [0.5, 0.6) is 0 Å². The molecular formula is C19H23N3O2. The van der Waals surface area contributed by atoms with Crippen LogP contribution in [0.15, 0.2) is 48.8 Å². The smallest absolute Gasteiger partial charge is 0.250 e. The number of nitrogens with one attached hydrogen (secondary N) is 1. The molecule has 1 aliphatic rings. The molecule has 1 fully saturated rings. The molecule has 24 heavy (non-hydrogen) atoms. The summed E-state index contributed by atoms with van der Waals surface area (Å²) in [5.74, 6) is 0.0373. The standard InChI is InChI=1S/C19H23N3O2/c1-14-9-10-17(23)22(14)16-8-6-7-15(13-16)20-18(24)19(2,3)21-11-4-5-12-21/h4-8,11-14H,9-10H2,1-3H3,(H,20,24). The first kappa shape index (κ1) is 16.3. The summed E-state index contributed by atoms with van der Waals surface area (Å²) in [6, 6.07) is 11.5. The number of hydrogen-bond donors (Lipinski definition) is 1. The second-order valence-corrected chi connectivity index (χ2v) is 6.81. The lowest BCUT2D eigenvalue weighted by molar-refractivity contribution is -0.123. The SMILES string of the molecule is CC1CCC(=O)N1c1cccc(NC(=O)C(C)(C)n2cccc2)c1. The fourth-order valence-corrected chi connectivity index (χ4v) is 3.07. The first-order valence-electron chi connectivity index (χ1n) is 8.26. The normalized spacial score (nSPS) is 18.0. The monoisotopic (exact) mass is 325 g/mol. The molecule has 0 spiro atoms. The van der Waals surface area contributed by atoms with E-state index < -0.39 is 5.54 Å². The van der Waals surface area contributed by atoms with Crippen molar-refractivity contribution in [1.29, 1.82) is 0 Å². The largest absolute Gasteiger partial charge is 0.340 e. The van der Waals surface area contributed by atoms with Gasteiger partial charge >= 0.3 is 0 Å². The van der Waals surface area contributed by atoms with Gasteiger partial charge in [-0.1, -0.05) is 6.07 Å². The Morgan fingerprint density at radius 1 is 1.21 bits per heavy atom. The molecule has 0 radical (unpaired) electrons. The van der Waals surface area contributed by atoms with E-state index in [2.05, 4.69) is 5.32 Å². The zero-order chi connectivity index (χ0) is 17.3. The van der Waals surface area contributed by atoms with Crippen molar-refractivity contribution in [3.8, 4) is 0 Å². The molecule has 1 aromatic carbocycles. The Hall–Kier alpha value is -2.56. The van der Waals surface area contributed by atoms with Gasteiger partial charge in [-0.25, -0.2) is 0 Å². The Morgan fingerprint density at radius 3 is 2.54 bits per heavy atom. The van der Waals surface area contributed by atoms with Crippen molar-refractivity contribution < 1.29 is 9.59 Å². The number of rotatable bonds is 4. The molecule has 1 N–H and O–H groups in total. The Bertz CT molecular complexity index is 750. The van der Waals surface area contributed by atoms with Gasteiger partial charge < -0.3 is 14.8 Å². The number of carbonyl (C=O) groups excluding carboxylic acids is 2. The average molecular weight is 325 g/mol. The Morgan fingerprint density at radius 2 is 1.92 bits per heavy atom. The molecule has 1 saturated heterocycles. The summed E-state index contributed by atoms with van der Waals surface area (Å²) in [5, 5.41) is 2.97. The molecule has 5 heteroatoms. The van der Waals surface area contributed by atoms with Gasteiger partial charge in [0.15, 0.2) is 0 Å². The molecule has 1 atom stereocenters. The highest BCUT2D eigenvalue weighted by molar-refractivity contribution is 5.99. The van der Waals surface area contributed by atoms with Gasteiger partial charge in [0, 0.05) is 36.2 Å². The van der Waals surface area contributed by atoms with Crippen LogP contribution in [-0.2, 0) is 15.1 Å². The lowest BCUT2D eigenvalue weighted by atomic mass is 10.0. The van der Waals surface area contributed by atoms with Crippen LogP contribution in [0.3, 0.4) is 0 Å². The van der Waals surface area contributed by atoms with E-state index >= 15 is 0 Å². The fourth-order valence-electron chi connectivity index (χ4n) is 3.07. The van der Waals surface area contributed by atoms with Gasteiger partial charge in [-0.15, -0.1) is 0 Å². The molecule has 1 aromatic heterocycles. The molecule has 2 amide bonds. The number of hydrogen-bond acceptors (Lipinski definition) is 2. The molecule has 3 rings (SSSR count). The van der Waals surface area contributed by atoms with Crippen molar-refractivity contribution in [3.63, 3.8) is 0 Å². The fraction of sp³-hybridized carbons (Fsp3) is 0.368. The van der Waals surface area contributed by atoms with Gasteiger partial charge in [0.05, 0.1) is 0 Å². The highest BCUT2D eigenvalue weighted by Crippen LogP contribution is 2.29. The maximum Gasteiger partial charge on any atom is 0.250 e. The summed E-state index contributed by atoms with van der Waals surface area (Å²) in [7, 11) is 0. The van der Waals surface area contributed by atoms with Gasteiger partial charge in [-0.05, 0) is 57.5 Å². The summed E-state index contributed by atoms with van der Waals surface area (Å²) in [6.07, 6.45) is 5.20. The third kappa shape index (κ3) is 2.94. The maximum atomic E-state index is 12.7. The van der Waals surface area contributed by atoms with Crippen LogP contribution in [0.2, 0.25) is 0 Å². The second-order valence-electron chi connectivity index (χ2n) is 6.81. The zero-order valence-electron chi connectivity index (χ0n) is 14.3. The zero-order valence-corrected chi connectivity index (χ0v) is 14.3. The lowest BCUT2D eigenvalue weighted by Gasteiger charge is -2.26. The Kier molecular flexibility index (Phi) is 4.18. The average Bonchev–Trinajstić information content (AvgIpc) is 3.18. The quantitative estimate of drug-likeness (QED) is 0.937. The Balaban J connectivity index is 1.80. The van der Waals surface area contributed by atoms with Crippen LogP contribution in [0.25, 0.3) is 0 Å². The third-order valence-electron chi connectivity index (χ3n) is 4.67. The van der Waals surface area contributed by atoms with Crippen LogP contribution < -0.4 is 10.2 Å². The molecule has 1 aliphatic heterocycles. The number of amides is 2. The molecule has 0 saturated carbocycles. The van der Waals surface area contributed by atoms with Crippen molar-refractivity contribution in [3.05, 3.63) is 48.8 Å². The minimum atomic E-state index is -0.698. The molecule has 0 aliphatic carbocycles. The number of nitrogens with zero attached hydrogens (tertiary/aromatic N) is 2. The third-order valence-corrected chi connectivity index (χ3v) is 4.67. The number of benzene rings is 1. The first-order chi connectivity index (χ1) is 11.4. The van der Waals surface area contributed by atoms with Crippen molar-refractivity contribution in [2.24, 2.45) is 0 Å². The van der Waals surface area contributed by atoms with E-state index in [9.17, 15) is 9.59 Å². The summed E-state index contributed by atoms with van der Waals surface area (Å²) >= 11 is 0. The molecule has 2 heterocycles. The van der Waals surface area contributed by atoms with Gasteiger partial charge in [0.25, 0.3) is 0 Å². The van der Waals surface area contributed by atoms with Crippen molar-refractivity contribution in [1.82, 2.24) is 4.57 Å². The maximum absolute atomic E-state index is 12.7. The Labute approximate surface area is 142 Å². The molecular weight excluding hydrogens is 302 g/mol. The van der Waals surface area contributed by atoms with Crippen LogP contribution in [0, 0.1) is 0 Å². The summed E-state index contributed by atoms with van der Waals surface area (Å²) < 4.78 is 1.87. The molecule has 2 aromatic rings. The van der Waals surface area contributed by atoms with E-state index in [0.717, 1.165) is 12.1 Å². The van der Waals surface area contributed by atoms with Crippen LogP contribution >= 0.6 is 0 Å². The second kappa shape index (κ2) is 6.15. The van der Waals surface area contributed by atoms with E-state index in [4.69, 9.17) is 0 Å². The molecule has 126 valence electrons. The van der Waals surface area contributed by atoms with E-state index in [1.54, 1.807) is 0 Å². The van der Waals surface area contributed by atoms with Crippen molar-refractivity contribution in [2.45, 2.75) is 45.2 Å². The number of anilines is 2. The van der Waals surface area contributed by atoms with Gasteiger partial charge in [0.1, 0.15) is 5.54 Å². The highest BCUT2D eigenvalue weighted by Gasteiger charge is 2.30. The van der Waals surface area contributed by atoms with Gasteiger partial charge in [-0.3, -0.25) is 9.59 Å². The number of aromatic nitrogens is 1. The van der Waals surface area contributed by atoms with Crippen molar-refractivity contribution in [2.75, 3.05) is 10.2 Å². The minimum absolute atomic E-state index is 0.100.